The lowest BCUT2D eigenvalue weighted by Crippen LogP contribution is -2.25. The highest BCUT2D eigenvalue weighted by Gasteiger charge is 2.18. The molecule has 1 aromatic heterocycles. The second-order valence-electron chi connectivity index (χ2n) is 5.42. The second kappa shape index (κ2) is 6.31. The summed E-state index contributed by atoms with van der Waals surface area (Å²) >= 11 is 0. The van der Waals surface area contributed by atoms with E-state index in [1.165, 1.54) is 22.8 Å². The molecule has 0 amide bonds. The standard InChI is InChI=1S/C17H23N3O/c1-3-17-19-14-12-18-10-8-15(14)20(17)11-9-13-6-4-5-7-16(13)21-2/h4-7,18H,3,8-12H2,1-2H3. The number of fused-ring (bicyclic) bond motifs is 1. The molecule has 0 radical (unpaired) electrons. The Kier molecular flexibility index (Phi) is 4.25. The molecular weight excluding hydrogens is 262 g/mol. The molecule has 1 aliphatic heterocycles. The first kappa shape index (κ1) is 14.1. The van der Waals surface area contributed by atoms with Crippen LogP contribution in [0.3, 0.4) is 0 Å². The second-order valence-corrected chi connectivity index (χ2v) is 5.42. The zero-order valence-electron chi connectivity index (χ0n) is 12.9. The van der Waals surface area contributed by atoms with Gasteiger partial charge in [-0.25, -0.2) is 4.98 Å². The van der Waals surface area contributed by atoms with Gasteiger partial charge >= 0.3 is 0 Å². The van der Waals surface area contributed by atoms with Gasteiger partial charge in [-0.1, -0.05) is 25.1 Å². The van der Waals surface area contributed by atoms with Crippen molar-refractivity contribution in [2.45, 2.75) is 39.3 Å². The van der Waals surface area contributed by atoms with Crippen molar-refractivity contribution < 1.29 is 4.74 Å². The van der Waals surface area contributed by atoms with Gasteiger partial charge in [-0.3, -0.25) is 0 Å². The Balaban J connectivity index is 1.83. The average molecular weight is 285 g/mol. The van der Waals surface area contributed by atoms with Crippen molar-refractivity contribution in [3.63, 3.8) is 0 Å². The third-order valence-electron chi connectivity index (χ3n) is 4.18. The van der Waals surface area contributed by atoms with Crippen molar-refractivity contribution in [1.82, 2.24) is 14.9 Å². The van der Waals surface area contributed by atoms with Crippen molar-refractivity contribution in [2.24, 2.45) is 0 Å². The smallest absolute Gasteiger partial charge is 0.122 e. The molecule has 0 saturated carbocycles. The Morgan fingerprint density at radius 2 is 2.19 bits per heavy atom. The highest BCUT2D eigenvalue weighted by Crippen LogP contribution is 2.21. The van der Waals surface area contributed by atoms with Crippen LogP contribution in [0, 0.1) is 0 Å². The number of imidazole rings is 1. The van der Waals surface area contributed by atoms with E-state index in [0.717, 1.165) is 44.6 Å². The van der Waals surface area contributed by atoms with Gasteiger partial charge < -0.3 is 14.6 Å². The molecule has 4 nitrogen and oxygen atoms in total. The van der Waals surface area contributed by atoms with Crippen LogP contribution in [0.1, 0.15) is 29.7 Å². The van der Waals surface area contributed by atoms with Crippen LogP contribution in [0.25, 0.3) is 0 Å². The van der Waals surface area contributed by atoms with E-state index in [1.807, 2.05) is 12.1 Å². The number of benzene rings is 1. The number of para-hydroxylation sites is 1. The maximum absolute atomic E-state index is 5.45. The molecule has 2 heterocycles. The summed E-state index contributed by atoms with van der Waals surface area (Å²) in [5.74, 6) is 2.18. The number of aromatic nitrogens is 2. The fourth-order valence-electron chi connectivity index (χ4n) is 3.10. The molecule has 3 rings (SSSR count). The summed E-state index contributed by atoms with van der Waals surface area (Å²) < 4.78 is 7.87. The first-order valence-electron chi connectivity index (χ1n) is 7.73. The summed E-state index contributed by atoms with van der Waals surface area (Å²) in [7, 11) is 1.74. The molecule has 1 aromatic carbocycles. The molecule has 0 aliphatic carbocycles. The van der Waals surface area contributed by atoms with Gasteiger partial charge in [-0.15, -0.1) is 0 Å². The fraction of sp³-hybridized carbons (Fsp3) is 0.471. The Hall–Kier alpha value is -1.81. The zero-order chi connectivity index (χ0) is 14.7. The number of hydrogen-bond acceptors (Lipinski definition) is 3. The zero-order valence-corrected chi connectivity index (χ0v) is 12.9. The Morgan fingerprint density at radius 1 is 1.33 bits per heavy atom. The van der Waals surface area contributed by atoms with E-state index in [1.54, 1.807) is 7.11 Å². The number of ether oxygens (including phenoxy) is 1. The fourth-order valence-corrected chi connectivity index (χ4v) is 3.10. The molecule has 0 bridgehead atoms. The SMILES string of the molecule is CCc1nc2c(n1CCc1ccccc1OC)CCNC2. The topological polar surface area (TPSA) is 39.1 Å². The number of methoxy groups -OCH3 is 1. The highest BCUT2D eigenvalue weighted by atomic mass is 16.5. The van der Waals surface area contributed by atoms with Crippen LogP contribution in [-0.4, -0.2) is 23.2 Å². The van der Waals surface area contributed by atoms with Gasteiger partial charge in [0.25, 0.3) is 0 Å². The average Bonchev–Trinajstić information content (AvgIpc) is 2.91. The van der Waals surface area contributed by atoms with Gasteiger partial charge in [0, 0.05) is 38.2 Å². The van der Waals surface area contributed by atoms with Crippen LogP contribution in [0.4, 0.5) is 0 Å². The van der Waals surface area contributed by atoms with E-state index >= 15 is 0 Å². The molecule has 1 N–H and O–H groups in total. The lowest BCUT2D eigenvalue weighted by Gasteiger charge is -2.16. The number of nitrogens with one attached hydrogen (secondary N) is 1. The van der Waals surface area contributed by atoms with Gasteiger partial charge in [0.05, 0.1) is 12.8 Å². The molecule has 4 heteroatoms. The summed E-state index contributed by atoms with van der Waals surface area (Å²) in [6.45, 7) is 5.12. The molecule has 0 atom stereocenters. The summed E-state index contributed by atoms with van der Waals surface area (Å²) in [4.78, 5) is 4.79. The summed E-state index contributed by atoms with van der Waals surface area (Å²) in [5.41, 5.74) is 3.91. The highest BCUT2D eigenvalue weighted by molar-refractivity contribution is 5.33. The molecule has 0 fully saturated rings. The lowest BCUT2D eigenvalue weighted by molar-refractivity contribution is 0.408. The number of rotatable bonds is 5. The molecule has 0 unspecified atom stereocenters. The minimum absolute atomic E-state index is 0.907. The molecule has 21 heavy (non-hydrogen) atoms. The van der Waals surface area contributed by atoms with Crippen LogP contribution in [0.2, 0.25) is 0 Å². The van der Waals surface area contributed by atoms with Crippen molar-refractivity contribution in [1.29, 1.82) is 0 Å². The van der Waals surface area contributed by atoms with Gasteiger partial charge in [0.2, 0.25) is 0 Å². The van der Waals surface area contributed by atoms with E-state index in [0.29, 0.717) is 0 Å². The van der Waals surface area contributed by atoms with Crippen LogP contribution >= 0.6 is 0 Å². The summed E-state index contributed by atoms with van der Waals surface area (Å²) in [6, 6.07) is 8.27. The first-order valence-corrected chi connectivity index (χ1v) is 7.73. The summed E-state index contributed by atoms with van der Waals surface area (Å²) in [6.07, 6.45) is 3.04. The molecule has 0 spiro atoms. The van der Waals surface area contributed by atoms with Crippen LogP contribution in [0.15, 0.2) is 24.3 Å². The summed E-state index contributed by atoms with van der Waals surface area (Å²) in [5, 5.41) is 3.40. The number of hydrogen-bond donors (Lipinski definition) is 1. The minimum atomic E-state index is 0.907. The molecular formula is C17H23N3O. The molecule has 1 aliphatic rings. The van der Waals surface area contributed by atoms with Gasteiger partial charge in [-0.2, -0.15) is 0 Å². The number of aryl methyl sites for hydroxylation is 2. The quantitative estimate of drug-likeness (QED) is 0.916. The predicted molar refractivity (Wildman–Crippen MR) is 83.7 cm³/mol. The maximum atomic E-state index is 5.45. The Bertz CT molecular complexity index is 618. The molecule has 112 valence electrons. The van der Waals surface area contributed by atoms with Gasteiger partial charge in [0.15, 0.2) is 0 Å². The van der Waals surface area contributed by atoms with Crippen molar-refractivity contribution >= 4 is 0 Å². The van der Waals surface area contributed by atoms with Crippen LogP contribution in [-0.2, 0) is 32.4 Å². The van der Waals surface area contributed by atoms with E-state index in [2.05, 4.69) is 28.9 Å². The largest absolute Gasteiger partial charge is 0.496 e. The normalized spacial score (nSPS) is 14.0. The first-order chi connectivity index (χ1) is 10.3. The van der Waals surface area contributed by atoms with E-state index < -0.39 is 0 Å². The van der Waals surface area contributed by atoms with Crippen molar-refractivity contribution in [3.8, 4) is 5.75 Å². The monoisotopic (exact) mass is 285 g/mol. The minimum Gasteiger partial charge on any atom is -0.496 e. The maximum Gasteiger partial charge on any atom is 0.122 e. The van der Waals surface area contributed by atoms with Crippen molar-refractivity contribution in [3.05, 3.63) is 47.0 Å². The van der Waals surface area contributed by atoms with Crippen LogP contribution in [0.5, 0.6) is 5.75 Å². The Labute approximate surface area is 126 Å². The molecule has 0 saturated heterocycles. The van der Waals surface area contributed by atoms with Crippen LogP contribution < -0.4 is 10.1 Å². The number of nitrogens with zero attached hydrogens (tertiary/aromatic N) is 2. The Morgan fingerprint density at radius 3 is 3.00 bits per heavy atom. The van der Waals surface area contributed by atoms with Gasteiger partial charge in [0.1, 0.15) is 11.6 Å². The van der Waals surface area contributed by atoms with Gasteiger partial charge in [-0.05, 0) is 18.1 Å². The third kappa shape index (κ3) is 2.81. The predicted octanol–water partition coefficient (Wildman–Crippen LogP) is 2.34. The lowest BCUT2D eigenvalue weighted by atomic mass is 10.1. The third-order valence-corrected chi connectivity index (χ3v) is 4.18. The van der Waals surface area contributed by atoms with E-state index in [9.17, 15) is 0 Å². The van der Waals surface area contributed by atoms with E-state index in [4.69, 9.17) is 9.72 Å². The van der Waals surface area contributed by atoms with E-state index in [-0.39, 0.29) is 0 Å². The van der Waals surface area contributed by atoms with Crippen molar-refractivity contribution in [2.75, 3.05) is 13.7 Å². The molecule has 2 aromatic rings.